The summed E-state index contributed by atoms with van der Waals surface area (Å²) < 4.78 is 24.0. The number of hydrogen-bond donors (Lipinski definition) is 0. The van der Waals surface area contributed by atoms with E-state index in [0.717, 1.165) is 49.8 Å². The summed E-state index contributed by atoms with van der Waals surface area (Å²) >= 11 is 1.29. The van der Waals surface area contributed by atoms with E-state index in [-0.39, 0.29) is 29.5 Å². The maximum Gasteiger partial charge on any atom is 0.306 e. The van der Waals surface area contributed by atoms with Crippen molar-refractivity contribution in [1.29, 1.82) is 0 Å². The molecule has 192 valence electrons. The molecule has 7 nitrogen and oxygen atoms in total. The minimum absolute atomic E-state index is 0.00814. The molecule has 0 radical (unpaired) electrons. The number of hydrogen-bond acceptors (Lipinski definition) is 7. The Morgan fingerprint density at radius 3 is 2.57 bits per heavy atom. The Kier molecular flexibility index (Phi) is 9.14. The van der Waals surface area contributed by atoms with Crippen molar-refractivity contribution in [3.05, 3.63) is 42.0 Å². The molecule has 1 aromatic carbocycles. The number of carbonyl (C=O) groups is 2. The molecule has 3 aliphatic rings. The van der Waals surface area contributed by atoms with Gasteiger partial charge in [-0.1, -0.05) is 36.0 Å². The van der Waals surface area contributed by atoms with E-state index in [1.165, 1.54) is 11.8 Å². The molecule has 0 spiro atoms. The fourth-order valence-corrected chi connectivity index (χ4v) is 6.31. The Balaban J connectivity index is 1.55. The third-order valence-corrected chi connectivity index (χ3v) is 8.07. The van der Waals surface area contributed by atoms with Crippen molar-refractivity contribution >= 4 is 23.0 Å². The highest BCUT2D eigenvalue weighted by molar-refractivity contribution is 8.13. The van der Waals surface area contributed by atoms with Gasteiger partial charge in [-0.05, 0) is 56.2 Å². The quantitative estimate of drug-likeness (QED) is 0.390. The second-order valence-electron chi connectivity index (χ2n) is 9.52. The van der Waals surface area contributed by atoms with Gasteiger partial charge in [0.25, 0.3) is 5.24 Å². The van der Waals surface area contributed by atoms with Crippen LogP contribution < -0.4 is 4.74 Å². The Bertz CT molecular complexity index is 890. The van der Waals surface area contributed by atoms with E-state index < -0.39 is 5.79 Å². The van der Waals surface area contributed by atoms with E-state index in [2.05, 4.69) is 12.2 Å². The summed E-state index contributed by atoms with van der Waals surface area (Å²) in [5, 5.41) is 0.00814. The minimum Gasteiger partial charge on any atom is -0.497 e. The number of nitrogens with zero attached hydrogens (tertiary/aromatic N) is 1. The normalized spacial score (nSPS) is 31.5. The topological polar surface area (TPSA) is 74.3 Å². The average Bonchev–Trinajstić information content (AvgIpc) is 3.23. The van der Waals surface area contributed by atoms with Gasteiger partial charge in [-0.2, -0.15) is 0 Å². The lowest BCUT2D eigenvalue weighted by Gasteiger charge is -2.48. The van der Waals surface area contributed by atoms with Crippen LogP contribution in [0, 0.1) is 0 Å². The largest absolute Gasteiger partial charge is 0.497 e. The number of carbonyl (C=O) groups excluding carboxylic acids is 2. The molecule has 2 bridgehead atoms. The van der Waals surface area contributed by atoms with E-state index in [9.17, 15) is 9.59 Å². The van der Waals surface area contributed by atoms with Crippen molar-refractivity contribution in [3.8, 4) is 5.75 Å². The maximum atomic E-state index is 12.9. The lowest BCUT2D eigenvalue weighted by molar-refractivity contribution is -0.306. The van der Waals surface area contributed by atoms with Crippen LogP contribution in [0.2, 0.25) is 0 Å². The maximum absolute atomic E-state index is 12.9. The summed E-state index contributed by atoms with van der Waals surface area (Å²) in [5.41, 5.74) is 1.01. The van der Waals surface area contributed by atoms with Crippen LogP contribution >= 0.6 is 11.8 Å². The molecule has 0 aliphatic carbocycles. The van der Waals surface area contributed by atoms with Crippen LogP contribution in [-0.4, -0.2) is 60.1 Å². The first-order valence-electron chi connectivity index (χ1n) is 12.7. The molecule has 1 aromatic rings. The van der Waals surface area contributed by atoms with E-state index >= 15 is 0 Å². The third-order valence-electron chi connectivity index (χ3n) is 7.11. The highest BCUT2D eigenvalue weighted by Gasteiger charge is 2.54. The van der Waals surface area contributed by atoms with Crippen molar-refractivity contribution in [2.75, 3.05) is 20.0 Å². The van der Waals surface area contributed by atoms with Crippen molar-refractivity contribution in [3.63, 3.8) is 0 Å². The molecule has 4 atom stereocenters. The van der Waals surface area contributed by atoms with Crippen molar-refractivity contribution < 1.29 is 28.5 Å². The smallest absolute Gasteiger partial charge is 0.306 e. The summed E-state index contributed by atoms with van der Waals surface area (Å²) in [6.07, 6.45) is 11.2. The van der Waals surface area contributed by atoms with Gasteiger partial charge in [0.05, 0.1) is 19.3 Å². The number of allylic oxidation sites excluding steroid dienone is 2. The van der Waals surface area contributed by atoms with E-state index in [0.29, 0.717) is 31.6 Å². The van der Waals surface area contributed by atoms with Crippen LogP contribution in [0.25, 0.3) is 0 Å². The molecular weight excluding hydrogens is 466 g/mol. The lowest BCUT2D eigenvalue weighted by atomic mass is 9.90. The number of esters is 1. The Morgan fingerprint density at radius 2 is 1.83 bits per heavy atom. The predicted octanol–water partition coefficient (Wildman–Crippen LogP) is 5.47. The first kappa shape index (κ1) is 26.0. The molecule has 0 N–H and O–H groups in total. The summed E-state index contributed by atoms with van der Waals surface area (Å²) in [6.45, 7) is 0.453. The fraction of sp³-hybridized carbons (Fsp3) is 0.630. The van der Waals surface area contributed by atoms with Crippen molar-refractivity contribution in [1.82, 2.24) is 4.90 Å². The Hall–Kier alpha value is -2.03. The molecular formula is C27H37NO6S. The highest BCUT2D eigenvalue weighted by atomic mass is 32.2. The molecule has 0 saturated carbocycles. The van der Waals surface area contributed by atoms with Crippen LogP contribution in [-0.2, 0) is 25.5 Å². The molecule has 2 saturated heterocycles. The summed E-state index contributed by atoms with van der Waals surface area (Å²) in [6, 6.07) is 7.46. The minimum atomic E-state index is -1.02. The van der Waals surface area contributed by atoms with Crippen LogP contribution in [0.1, 0.15) is 63.4 Å². The number of methoxy groups -OCH3 is 2. The van der Waals surface area contributed by atoms with Gasteiger partial charge in [0.1, 0.15) is 11.9 Å². The van der Waals surface area contributed by atoms with Gasteiger partial charge in [-0.3, -0.25) is 9.59 Å². The summed E-state index contributed by atoms with van der Waals surface area (Å²) in [7, 11) is 3.28. The Labute approximate surface area is 212 Å². The first-order valence-corrected chi connectivity index (χ1v) is 13.7. The molecule has 0 aromatic heterocycles. The second-order valence-corrected chi connectivity index (χ2v) is 10.5. The Morgan fingerprint density at radius 1 is 1.06 bits per heavy atom. The van der Waals surface area contributed by atoms with Gasteiger partial charge in [-0.25, -0.2) is 0 Å². The number of fused-ring (bicyclic) bond motifs is 2. The van der Waals surface area contributed by atoms with Crippen molar-refractivity contribution in [2.45, 2.75) is 88.4 Å². The molecule has 35 heavy (non-hydrogen) atoms. The zero-order valence-corrected chi connectivity index (χ0v) is 21.6. The monoisotopic (exact) mass is 503 g/mol. The molecule has 2 fully saturated rings. The average molecular weight is 504 g/mol. The third kappa shape index (κ3) is 6.60. The zero-order valence-electron chi connectivity index (χ0n) is 20.8. The van der Waals surface area contributed by atoms with Crippen LogP contribution in [0.5, 0.6) is 5.75 Å². The van der Waals surface area contributed by atoms with Gasteiger partial charge in [0.15, 0.2) is 5.79 Å². The highest BCUT2D eigenvalue weighted by Crippen LogP contribution is 2.43. The van der Waals surface area contributed by atoms with E-state index in [1.54, 1.807) is 14.2 Å². The predicted molar refractivity (Wildman–Crippen MR) is 135 cm³/mol. The van der Waals surface area contributed by atoms with Crippen LogP contribution in [0.15, 0.2) is 36.4 Å². The number of rotatable bonds is 5. The molecule has 0 unspecified atom stereocenters. The zero-order chi connectivity index (χ0) is 24.7. The second kappa shape index (κ2) is 12.3. The van der Waals surface area contributed by atoms with Gasteiger partial charge < -0.3 is 23.8 Å². The number of ether oxygens (including phenoxy) is 4. The van der Waals surface area contributed by atoms with Crippen LogP contribution in [0.3, 0.4) is 0 Å². The number of amides is 1. The number of benzene rings is 1. The fourth-order valence-electron chi connectivity index (χ4n) is 5.21. The van der Waals surface area contributed by atoms with Gasteiger partial charge in [0, 0.05) is 38.7 Å². The van der Waals surface area contributed by atoms with E-state index in [4.69, 9.17) is 18.9 Å². The van der Waals surface area contributed by atoms with Gasteiger partial charge >= 0.3 is 5.97 Å². The molecule has 1 amide bonds. The lowest BCUT2D eigenvalue weighted by Crippen LogP contribution is -2.60. The molecule has 3 aliphatic heterocycles. The molecule has 8 heteroatoms. The van der Waals surface area contributed by atoms with E-state index in [1.807, 2.05) is 29.2 Å². The molecule has 4 rings (SSSR count). The first-order chi connectivity index (χ1) is 17.0. The summed E-state index contributed by atoms with van der Waals surface area (Å²) in [4.78, 5) is 27.4. The summed E-state index contributed by atoms with van der Waals surface area (Å²) in [5.74, 6) is 0.165. The number of thioether (sulfide) groups is 1. The van der Waals surface area contributed by atoms with Gasteiger partial charge in [0.2, 0.25) is 0 Å². The SMILES string of the molecule is COc1ccc(CN2C(=O)SC[C@@H]2[C@@]2(OC)C[C@H]3C[C@@H](CCC/C=C/CCCCC(=O)O3)O2)cc1. The van der Waals surface area contributed by atoms with Crippen molar-refractivity contribution in [2.24, 2.45) is 0 Å². The van der Waals surface area contributed by atoms with Crippen LogP contribution in [0.4, 0.5) is 4.79 Å². The molecule has 3 heterocycles. The van der Waals surface area contributed by atoms with Gasteiger partial charge in [-0.15, -0.1) is 0 Å². The standard InChI is InChI=1S/C27H37NO6S/c1-31-21-14-12-20(13-15-21)18-28-24(19-35-26(28)30)27(32-2)17-23-16-22(34-27)10-8-6-4-3-5-7-9-11-25(29)33-23/h3-4,12-15,22-24H,5-11,16-19H2,1-2H3/b4-3+/t22-,23-,24-,27-/m1/s1.